The third kappa shape index (κ3) is 5.13. The van der Waals surface area contributed by atoms with Gasteiger partial charge in [-0.25, -0.2) is 4.99 Å². The quantitative estimate of drug-likeness (QED) is 0.258. The third-order valence-corrected chi connectivity index (χ3v) is 7.42. The predicted octanol–water partition coefficient (Wildman–Crippen LogP) is 6.33. The van der Waals surface area contributed by atoms with Crippen LogP contribution in [0.4, 0.5) is 0 Å². The standard InChI is InChI=1S/C37H26N4O2/c42-33-22-20-31(40-33)36(25-12-6-2-7-13-25)29-18-16-27(38-29)35(24-10-4-1-5-11-24)28-17-19-30(39-28)37(26-14-8-3-9-15-26)32-21-23-34(43)41-32/h1-23,38H,(H,40,42)(H,41,43)/b35-28-,36-31-,37-32-. The summed E-state index contributed by atoms with van der Waals surface area (Å²) < 4.78 is 0. The van der Waals surface area contributed by atoms with Gasteiger partial charge in [-0.3, -0.25) is 9.59 Å². The Morgan fingerprint density at radius 1 is 0.465 bits per heavy atom. The van der Waals surface area contributed by atoms with Gasteiger partial charge in [-0.2, -0.15) is 0 Å². The molecule has 0 unspecified atom stereocenters. The molecule has 0 radical (unpaired) electrons. The Morgan fingerprint density at radius 3 is 1.44 bits per heavy atom. The summed E-state index contributed by atoms with van der Waals surface area (Å²) in [6, 6.07) is 34.2. The molecule has 206 valence electrons. The van der Waals surface area contributed by atoms with Crippen molar-refractivity contribution >= 4 is 34.2 Å². The minimum Gasteiger partial charge on any atom is -0.354 e. The van der Waals surface area contributed by atoms with Gasteiger partial charge >= 0.3 is 0 Å². The van der Waals surface area contributed by atoms with Crippen LogP contribution in [0.15, 0.2) is 162 Å². The summed E-state index contributed by atoms with van der Waals surface area (Å²) in [5.74, 6) is -0.292. The number of H-pyrrole nitrogens is 1. The first-order chi connectivity index (χ1) is 21.1. The topological polar surface area (TPSA) is 86.3 Å². The fraction of sp³-hybridized carbons (Fsp3) is 0. The molecule has 0 fully saturated rings. The maximum absolute atomic E-state index is 12.1. The van der Waals surface area contributed by atoms with E-state index < -0.39 is 0 Å². The van der Waals surface area contributed by atoms with Gasteiger partial charge in [-0.05, 0) is 53.1 Å². The fourth-order valence-corrected chi connectivity index (χ4v) is 5.52. The highest BCUT2D eigenvalue weighted by Crippen LogP contribution is 2.35. The average Bonchev–Trinajstić information content (AvgIpc) is 3.86. The molecule has 0 saturated heterocycles. The Labute approximate surface area is 248 Å². The summed E-state index contributed by atoms with van der Waals surface area (Å²) in [7, 11) is 0. The summed E-state index contributed by atoms with van der Waals surface area (Å²) >= 11 is 0. The SMILES string of the molecule is O=C1C=C/C(=C(C2=N/C(=C(/c3ccccc3)c3ccc(/C(=C4/C=CC(=O)N4)c4ccccc4)[nH]3)C=C2)\c2ccccc2)N1. The van der Waals surface area contributed by atoms with E-state index in [1.54, 1.807) is 12.2 Å². The molecule has 0 aliphatic carbocycles. The molecule has 3 N–H and O–H groups in total. The van der Waals surface area contributed by atoms with Crippen molar-refractivity contribution in [2.45, 2.75) is 0 Å². The smallest absolute Gasteiger partial charge is 0.248 e. The Kier molecular flexibility index (Phi) is 6.70. The number of allylic oxidation sites excluding steroid dienone is 5. The first kappa shape index (κ1) is 25.9. The van der Waals surface area contributed by atoms with Crippen molar-refractivity contribution in [1.29, 1.82) is 0 Å². The highest BCUT2D eigenvalue weighted by molar-refractivity contribution is 6.32. The molecule has 4 heterocycles. The Hall–Kier alpha value is -6.01. The van der Waals surface area contributed by atoms with Gasteiger partial charge in [0.25, 0.3) is 0 Å². The van der Waals surface area contributed by atoms with Crippen LogP contribution in [-0.2, 0) is 9.59 Å². The van der Waals surface area contributed by atoms with Crippen LogP contribution < -0.4 is 10.6 Å². The fourth-order valence-electron chi connectivity index (χ4n) is 5.52. The molecule has 3 aromatic carbocycles. The number of hydrogen-bond donors (Lipinski definition) is 3. The van der Waals surface area contributed by atoms with Crippen molar-refractivity contribution in [3.8, 4) is 0 Å². The summed E-state index contributed by atoms with van der Waals surface area (Å²) in [6.45, 7) is 0. The number of nitrogens with one attached hydrogen (secondary N) is 3. The van der Waals surface area contributed by atoms with E-state index in [0.717, 1.165) is 67.6 Å². The van der Waals surface area contributed by atoms with Crippen LogP contribution >= 0.6 is 0 Å². The van der Waals surface area contributed by atoms with Crippen molar-refractivity contribution in [2.75, 3.05) is 0 Å². The van der Waals surface area contributed by atoms with Crippen LogP contribution in [0.3, 0.4) is 0 Å². The second-order valence-corrected chi connectivity index (χ2v) is 10.2. The van der Waals surface area contributed by atoms with E-state index in [-0.39, 0.29) is 11.8 Å². The third-order valence-electron chi connectivity index (χ3n) is 7.42. The van der Waals surface area contributed by atoms with Crippen molar-refractivity contribution in [2.24, 2.45) is 4.99 Å². The minimum atomic E-state index is -0.151. The highest BCUT2D eigenvalue weighted by Gasteiger charge is 2.23. The lowest BCUT2D eigenvalue weighted by molar-refractivity contribution is -0.116. The molecule has 7 rings (SSSR count). The highest BCUT2D eigenvalue weighted by atomic mass is 16.2. The molecule has 43 heavy (non-hydrogen) atoms. The van der Waals surface area contributed by atoms with Gasteiger partial charge in [0, 0.05) is 40.3 Å². The molecule has 0 saturated carbocycles. The summed E-state index contributed by atoms with van der Waals surface area (Å²) in [5.41, 5.74) is 10.4. The zero-order valence-electron chi connectivity index (χ0n) is 23.0. The van der Waals surface area contributed by atoms with Crippen molar-refractivity contribution < 1.29 is 9.59 Å². The first-order valence-electron chi connectivity index (χ1n) is 14.0. The second-order valence-electron chi connectivity index (χ2n) is 10.2. The summed E-state index contributed by atoms with van der Waals surface area (Å²) in [5, 5.41) is 5.91. The van der Waals surface area contributed by atoms with Gasteiger partial charge in [0.1, 0.15) is 0 Å². The number of aliphatic imine (C=N–C) groups is 1. The molecule has 1 aromatic heterocycles. The number of carbonyl (C=O) groups excluding carboxylic acids is 2. The lowest BCUT2D eigenvalue weighted by atomic mass is 9.99. The normalized spacial score (nSPS) is 18.9. The molecule has 0 spiro atoms. The van der Waals surface area contributed by atoms with E-state index in [0.29, 0.717) is 0 Å². The van der Waals surface area contributed by atoms with Gasteiger partial charge in [0.2, 0.25) is 11.8 Å². The van der Waals surface area contributed by atoms with E-state index in [2.05, 4.69) is 27.8 Å². The van der Waals surface area contributed by atoms with Crippen LogP contribution in [0.1, 0.15) is 28.1 Å². The number of nitrogens with zero attached hydrogens (tertiary/aromatic N) is 1. The van der Waals surface area contributed by atoms with Crippen molar-refractivity contribution in [3.05, 3.63) is 185 Å². The van der Waals surface area contributed by atoms with Crippen LogP contribution in [0.25, 0.3) is 16.7 Å². The molecule has 2 amide bonds. The second kappa shape index (κ2) is 11.1. The molecular formula is C37H26N4O2. The average molecular weight is 559 g/mol. The summed E-state index contributed by atoms with van der Waals surface area (Å²) in [6.07, 6.45) is 10.7. The van der Waals surface area contributed by atoms with Gasteiger partial charge in [-0.15, -0.1) is 0 Å². The summed E-state index contributed by atoms with van der Waals surface area (Å²) in [4.78, 5) is 32.9. The van der Waals surface area contributed by atoms with Crippen LogP contribution in [0, 0.1) is 0 Å². The number of carbonyl (C=O) groups is 2. The lowest BCUT2D eigenvalue weighted by Gasteiger charge is -2.12. The van der Waals surface area contributed by atoms with E-state index in [9.17, 15) is 9.59 Å². The van der Waals surface area contributed by atoms with Crippen molar-refractivity contribution in [3.63, 3.8) is 0 Å². The largest absolute Gasteiger partial charge is 0.354 e. The van der Waals surface area contributed by atoms with Gasteiger partial charge in [-0.1, -0.05) is 91.0 Å². The number of amides is 2. The number of aromatic amines is 1. The predicted molar refractivity (Wildman–Crippen MR) is 170 cm³/mol. The van der Waals surface area contributed by atoms with E-state index in [1.807, 2.05) is 109 Å². The zero-order chi connectivity index (χ0) is 29.2. The van der Waals surface area contributed by atoms with Crippen molar-refractivity contribution in [1.82, 2.24) is 15.6 Å². The van der Waals surface area contributed by atoms with Gasteiger partial charge < -0.3 is 15.6 Å². The monoisotopic (exact) mass is 558 g/mol. The molecule has 6 nitrogen and oxygen atoms in total. The van der Waals surface area contributed by atoms with Gasteiger partial charge in [0.05, 0.1) is 22.8 Å². The lowest BCUT2D eigenvalue weighted by Crippen LogP contribution is -2.16. The van der Waals surface area contributed by atoms with Gasteiger partial charge in [0.15, 0.2) is 0 Å². The van der Waals surface area contributed by atoms with Crippen LogP contribution in [-0.4, -0.2) is 22.5 Å². The first-order valence-corrected chi connectivity index (χ1v) is 14.0. The van der Waals surface area contributed by atoms with E-state index >= 15 is 0 Å². The Morgan fingerprint density at radius 2 is 0.930 bits per heavy atom. The number of hydrogen-bond acceptors (Lipinski definition) is 3. The molecule has 6 heteroatoms. The van der Waals surface area contributed by atoms with E-state index in [1.165, 1.54) is 6.08 Å². The van der Waals surface area contributed by atoms with Crippen LogP contribution in [0.2, 0.25) is 0 Å². The molecule has 4 aromatic rings. The van der Waals surface area contributed by atoms with E-state index in [4.69, 9.17) is 4.99 Å². The molecule has 3 aliphatic heterocycles. The van der Waals surface area contributed by atoms with Crippen LogP contribution in [0.5, 0.6) is 0 Å². The number of rotatable bonds is 6. The number of benzene rings is 3. The Bertz CT molecular complexity index is 1970. The molecule has 3 aliphatic rings. The Balaban J connectivity index is 1.38. The maximum Gasteiger partial charge on any atom is 0.248 e. The molecule has 0 atom stereocenters. The minimum absolute atomic E-state index is 0.142. The number of aromatic nitrogens is 1. The zero-order valence-corrected chi connectivity index (χ0v) is 23.0. The molecule has 0 bridgehead atoms. The molecular weight excluding hydrogens is 532 g/mol. The maximum atomic E-state index is 12.1.